The monoisotopic (exact) mass is 275 g/mol. The summed E-state index contributed by atoms with van der Waals surface area (Å²) in [5.41, 5.74) is 0. The number of carbonyl (C=O) groups is 1. The van der Waals surface area contributed by atoms with Crippen LogP contribution in [0.25, 0.3) is 0 Å². The Hall–Kier alpha value is -0.580. The Bertz CT molecular complexity index is 323. The predicted octanol–water partition coefficient (Wildman–Crippen LogP) is 2.81. The summed E-state index contributed by atoms with van der Waals surface area (Å²) in [6.45, 7) is 3.68. The van der Waals surface area contributed by atoms with Crippen LogP contribution in [-0.2, 0) is 4.74 Å². The number of halogens is 1. The lowest BCUT2D eigenvalue weighted by Crippen LogP contribution is -2.33. The Morgan fingerprint density at radius 2 is 2.12 bits per heavy atom. The quantitative estimate of drug-likeness (QED) is 0.792. The number of thiophene rings is 1. The van der Waals surface area contributed by atoms with Crippen molar-refractivity contribution >= 4 is 29.7 Å². The number of rotatable bonds is 4. The molecule has 1 aliphatic rings. The van der Waals surface area contributed by atoms with Gasteiger partial charge < -0.3 is 4.74 Å². The van der Waals surface area contributed by atoms with E-state index in [1.54, 1.807) is 6.07 Å². The number of ether oxygens (including phenoxy) is 1. The molecule has 96 valence electrons. The van der Waals surface area contributed by atoms with Crippen molar-refractivity contribution < 1.29 is 9.53 Å². The second-order valence-corrected chi connectivity index (χ2v) is 4.96. The molecule has 2 rings (SSSR count). The van der Waals surface area contributed by atoms with Crippen molar-refractivity contribution in [1.29, 1.82) is 0 Å². The summed E-state index contributed by atoms with van der Waals surface area (Å²) in [7, 11) is 0. The van der Waals surface area contributed by atoms with Gasteiger partial charge >= 0.3 is 5.97 Å². The second-order valence-electron chi connectivity index (χ2n) is 4.02. The summed E-state index contributed by atoms with van der Waals surface area (Å²) < 4.78 is 5.22. The van der Waals surface area contributed by atoms with Gasteiger partial charge in [0.25, 0.3) is 0 Å². The Kier molecular flexibility index (Phi) is 6.55. The summed E-state index contributed by atoms with van der Waals surface area (Å²) in [6, 6.07) is 3.67. The van der Waals surface area contributed by atoms with Gasteiger partial charge in [-0.2, -0.15) is 0 Å². The minimum atomic E-state index is -0.188. The standard InChI is InChI=1S/C12H17NO2S.ClH/c14-12(11-5-4-10-16-11)15-9-8-13-6-2-1-3-7-13;/h4-5,10H,1-3,6-9H2;1H. The number of esters is 1. The van der Waals surface area contributed by atoms with Gasteiger partial charge in [-0.3, -0.25) is 4.90 Å². The van der Waals surface area contributed by atoms with Crippen molar-refractivity contribution in [2.24, 2.45) is 0 Å². The van der Waals surface area contributed by atoms with E-state index in [0.29, 0.717) is 11.5 Å². The zero-order valence-corrected chi connectivity index (χ0v) is 11.4. The average molecular weight is 276 g/mol. The molecule has 0 atom stereocenters. The first-order chi connectivity index (χ1) is 7.86. The first-order valence-electron chi connectivity index (χ1n) is 5.79. The van der Waals surface area contributed by atoms with Crippen LogP contribution >= 0.6 is 23.7 Å². The van der Waals surface area contributed by atoms with Gasteiger partial charge in [0.15, 0.2) is 0 Å². The molecule has 0 bridgehead atoms. The molecule has 0 N–H and O–H groups in total. The normalized spacial score (nSPS) is 16.2. The van der Waals surface area contributed by atoms with E-state index < -0.39 is 0 Å². The molecule has 17 heavy (non-hydrogen) atoms. The van der Waals surface area contributed by atoms with E-state index in [2.05, 4.69) is 4.90 Å². The van der Waals surface area contributed by atoms with Crippen LogP contribution in [0.15, 0.2) is 17.5 Å². The summed E-state index contributed by atoms with van der Waals surface area (Å²) in [5, 5.41) is 1.89. The Morgan fingerprint density at radius 3 is 2.76 bits per heavy atom. The van der Waals surface area contributed by atoms with E-state index in [1.807, 2.05) is 11.4 Å². The number of carbonyl (C=O) groups excluding carboxylic acids is 1. The van der Waals surface area contributed by atoms with Gasteiger partial charge in [-0.1, -0.05) is 12.5 Å². The Morgan fingerprint density at radius 1 is 1.35 bits per heavy atom. The van der Waals surface area contributed by atoms with Gasteiger partial charge in [-0.05, 0) is 37.4 Å². The van der Waals surface area contributed by atoms with Crippen LogP contribution in [0.5, 0.6) is 0 Å². The molecule has 2 heterocycles. The summed E-state index contributed by atoms with van der Waals surface area (Å²) in [5.74, 6) is -0.188. The highest BCUT2D eigenvalue weighted by Crippen LogP contribution is 2.11. The smallest absolute Gasteiger partial charge is 0.348 e. The highest BCUT2D eigenvalue weighted by atomic mass is 35.5. The lowest BCUT2D eigenvalue weighted by Gasteiger charge is -2.25. The summed E-state index contributed by atoms with van der Waals surface area (Å²) in [4.78, 5) is 14.6. The molecule has 5 heteroatoms. The zero-order valence-electron chi connectivity index (χ0n) is 9.76. The molecule has 0 saturated carbocycles. The van der Waals surface area contributed by atoms with E-state index in [0.717, 1.165) is 19.6 Å². The van der Waals surface area contributed by atoms with Crippen LogP contribution < -0.4 is 0 Å². The number of nitrogens with zero attached hydrogens (tertiary/aromatic N) is 1. The third-order valence-electron chi connectivity index (χ3n) is 2.81. The fraction of sp³-hybridized carbons (Fsp3) is 0.583. The molecule has 0 aliphatic carbocycles. The third-order valence-corrected chi connectivity index (χ3v) is 3.66. The van der Waals surface area contributed by atoms with Gasteiger partial charge in [0, 0.05) is 6.54 Å². The van der Waals surface area contributed by atoms with Crippen LogP contribution in [-0.4, -0.2) is 37.1 Å². The lowest BCUT2D eigenvalue weighted by atomic mass is 10.1. The number of piperidine rings is 1. The predicted molar refractivity (Wildman–Crippen MR) is 72.1 cm³/mol. The molecule has 1 fully saturated rings. The zero-order chi connectivity index (χ0) is 11.2. The van der Waals surface area contributed by atoms with Gasteiger partial charge in [-0.25, -0.2) is 4.79 Å². The van der Waals surface area contributed by atoms with Crippen molar-refractivity contribution in [2.75, 3.05) is 26.2 Å². The van der Waals surface area contributed by atoms with Crippen LogP contribution in [0.3, 0.4) is 0 Å². The molecule has 1 aromatic rings. The Labute approximate surface area is 112 Å². The van der Waals surface area contributed by atoms with Crippen molar-refractivity contribution in [2.45, 2.75) is 19.3 Å². The molecule has 1 aliphatic heterocycles. The number of likely N-dealkylation sites (tertiary alicyclic amines) is 1. The first-order valence-corrected chi connectivity index (χ1v) is 6.67. The largest absolute Gasteiger partial charge is 0.460 e. The maximum Gasteiger partial charge on any atom is 0.348 e. The van der Waals surface area contributed by atoms with Crippen LogP contribution in [0.2, 0.25) is 0 Å². The van der Waals surface area contributed by atoms with Gasteiger partial charge in [0.1, 0.15) is 11.5 Å². The molecular formula is C12H18ClNO2S. The van der Waals surface area contributed by atoms with E-state index >= 15 is 0 Å². The number of hydrogen-bond acceptors (Lipinski definition) is 4. The first kappa shape index (κ1) is 14.5. The van der Waals surface area contributed by atoms with Crippen LogP contribution in [0.1, 0.15) is 28.9 Å². The molecule has 0 unspecified atom stereocenters. The highest BCUT2D eigenvalue weighted by molar-refractivity contribution is 7.11. The molecule has 0 spiro atoms. The van der Waals surface area contributed by atoms with Gasteiger partial charge in [0.05, 0.1) is 0 Å². The van der Waals surface area contributed by atoms with E-state index in [4.69, 9.17) is 4.74 Å². The van der Waals surface area contributed by atoms with E-state index in [1.165, 1.54) is 30.6 Å². The van der Waals surface area contributed by atoms with E-state index in [9.17, 15) is 4.79 Å². The topological polar surface area (TPSA) is 29.5 Å². The molecule has 3 nitrogen and oxygen atoms in total. The van der Waals surface area contributed by atoms with Crippen molar-refractivity contribution in [3.63, 3.8) is 0 Å². The second kappa shape index (κ2) is 7.69. The molecule has 0 radical (unpaired) electrons. The van der Waals surface area contributed by atoms with Crippen LogP contribution in [0.4, 0.5) is 0 Å². The summed E-state index contributed by atoms with van der Waals surface area (Å²) >= 11 is 1.43. The molecule has 0 aromatic carbocycles. The van der Waals surface area contributed by atoms with Crippen molar-refractivity contribution in [3.05, 3.63) is 22.4 Å². The van der Waals surface area contributed by atoms with Crippen molar-refractivity contribution in [1.82, 2.24) is 4.90 Å². The highest BCUT2D eigenvalue weighted by Gasteiger charge is 2.11. The SMILES string of the molecule is Cl.O=C(OCCN1CCCCC1)c1cccs1. The molecular weight excluding hydrogens is 258 g/mol. The van der Waals surface area contributed by atoms with Crippen molar-refractivity contribution in [3.8, 4) is 0 Å². The molecule has 1 aromatic heterocycles. The molecule has 0 amide bonds. The minimum Gasteiger partial charge on any atom is -0.460 e. The maximum atomic E-state index is 11.5. The van der Waals surface area contributed by atoms with Crippen LogP contribution in [0, 0.1) is 0 Å². The maximum absolute atomic E-state index is 11.5. The minimum absolute atomic E-state index is 0. The fourth-order valence-corrected chi connectivity index (χ4v) is 2.53. The third kappa shape index (κ3) is 4.66. The average Bonchev–Trinajstić information content (AvgIpc) is 2.84. The molecule has 1 saturated heterocycles. The Balaban J connectivity index is 0.00000144. The van der Waals surface area contributed by atoms with E-state index in [-0.39, 0.29) is 18.4 Å². The fourth-order valence-electron chi connectivity index (χ4n) is 1.92. The number of hydrogen-bond donors (Lipinski definition) is 0. The van der Waals surface area contributed by atoms with Gasteiger partial charge in [0.2, 0.25) is 0 Å². The lowest BCUT2D eigenvalue weighted by molar-refractivity contribution is 0.0457. The van der Waals surface area contributed by atoms with Gasteiger partial charge in [-0.15, -0.1) is 23.7 Å². The summed E-state index contributed by atoms with van der Waals surface area (Å²) in [6.07, 6.45) is 3.89.